The number of sulfonamides is 1. The Bertz CT molecular complexity index is 745. The van der Waals surface area contributed by atoms with Gasteiger partial charge in [-0.15, -0.1) is 0 Å². The summed E-state index contributed by atoms with van der Waals surface area (Å²) in [6, 6.07) is 5.97. The molecule has 7 nitrogen and oxygen atoms in total. The van der Waals surface area contributed by atoms with Crippen molar-refractivity contribution in [3.63, 3.8) is 0 Å². The van der Waals surface area contributed by atoms with Crippen LogP contribution in [0.15, 0.2) is 29.2 Å². The summed E-state index contributed by atoms with van der Waals surface area (Å²) in [5, 5.41) is 6.47. The number of hydrogen-bond acceptors (Lipinski definition) is 4. The molecule has 0 saturated carbocycles. The Balaban J connectivity index is 2.39. The van der Waals surface area contributed by atoms with Crippen LogP contribution >= 0.6 is 0 Å². The summed E-state index contributed by atoms with van der Waals surface area (Å²) in [6.45, 7) is 3.21. The number of aromatic amines is 1. The number of nitrogens with one attached hydrogen (secondary N) is 2. The highest BCUT2D eigenvalue weighted by Crippen LogP contribution is 2.21. The molecule has 106 valence electrons. The first-order chi connectivity index (χ1) is 9.31. The van der Waals surface area contributed by atoms with Crippen molar-refractivity contribution in [1.82, 2.24) is 10.2 Å². The third-order valence-electron chi connectivity index (χ3n) is 2.73. The second-order valence-corrected chi connectivity index (χ2v) is 5.93. The molecular formula is C12H14N4O3S. The molecule has 0 saturated heterocycles. The Morgan fingerprint density at radius 1 is 1.35 bits per heavy atom. The molecule has 20 heavy (non-hydrogen) atoms. The molecular weight excluding hydrogens is 280 g/mol. The monoisotopic (exact) mass is 294 g/mol. The number of anilines is 1. The fourth-order valence-corrected chi connectivity index (χ4v) is 3.30. The SMILES string of the molecule is Cc1n[nH]c(C)c1S(=O)(=O)Nc1cccc(C(N)=O)c1. The average Bonchev–Trinajstić information content (AvgIpc) is 2.69. The maximum atomic E-state index is 12.3. The molecule has 0 aliphatic rings. The predicted molar refractivity (Wildman–Crippen MR) is 73.8 cm³/mol. The summed E-state index contributed by atoms with van der Waals surface area (Å²) in [5.41, 5.74) is 6.47. The normalized spacial score (nSPS) is 11.3. The molecule has 8 heteroatoms. The highest BCUT2D eigenvalue weighted by molar-refractivity contribution is 7.92. The van der Waals surface area contributed by atoms with E-state index in [1.165, 1.54) is 18.2 Å². The van der Waals surface area contributed by atoms with Gasteiger partial charge in [0.1, 0.15) is 4.90 Å². The number of primary amides is 1. The molecule has 0 aliphatic carbocycles. The summed E-state index contributed by atoms with van der Waals surface area (Å²) in [5.74, 6) is -0.623. The molecule has 0 spiro atoms. The Labute approximate surface area is 116 Å². The standard InChI is InChI=1S/C12H14N4O3S/c1-7-11(8(2)15-14-7)20(18,19)16-10-5-3-4-9(6-10)12(13)17/h3-6,16H,1-2H3,(H2,13,17)(H,14,15). The second kappa shape index (κ2) is 4.97. The van der Waals surface area contributed by atoms with Crippen LogP contribution in [0.5, 0.6) is 0 Å². The molecule has 0 bridgehead atoms. The van der Waals surface area contributed by atoms with Crippen molar-refractivity contribution in [3.05, 3.63) is 41.2 Å². The molecule has 1 amide bonds. The predicted octanol–water partition coefficient (Wildman–Crippen LogP) is 0.926. The molecule has 0 atom stereocenters. The third kappa shape index (κ3) is 2.64. The first-order valence-corrected chi connectivity index (χ1v) is 7.24. The zero-order valence-electron chi connectivity index (χ0n) is 11.0. The van der Waals surface area contributed by atoms with Crippen LogP contribution in [0.3, 0.4) is 0 Å². The van der Waals surface area contributed by atoms with E-state index >= 15 is 0 Å². The Hall–Kier alpha value is -2.35. The molecule has 1 heterocycles. The van der Waals surface area contributed by atoms with Gasteiger partial charge in [-0.25, -0.2) is 8.42 Å². The van der Waals surface area contributed by atoms with Crippen LogP contribution in [0.25, 0.3) is 0 Å². The van der Waals surface area contributed by atoms with Crippen LogP contribution in [-0.2, 0) is 10.0 Å². The number of rotatable bonds is 4. The smallest absolute Gasteiger partial charge is 0.265 e. The van der Waals surface area contributed by atoms with Gasteiger partial charge in [0.2, 0.25) is 5.91 Å². The minimum Gasteiger partial charge on any atom is -0.366 e. The number of carbonyl (C=O) groups excluding carboxylic acids is 1. The molecule has 0 unspecified atom stereocenters. The van der Waals surface area contributed by atoms with E-state index in [-0.39, 0.29) is 16.1 Å². The first-order valence-electron chi connectivity index (χ1n) is 5.75. The van der Waals surface area contributed by atoms with Crippen molar-refractivity contribution in [2.45, 2.75) is 18.7 Å². The van der Waals surface area contributed by atoms with E-state index in [1.807, 2.05) is 0 Å². The van der Waals surface area contributed by atoms with E-state index in [2.05, 4.69) is 14.9 Å². The van der Waals surface area contributed by atoms with Gasteiger partial charge in [-0.05, 0) is 32.0 Å². The lowest BCUT2D eigenvalue weighted by atomic mass is 10.2. The number of aromatic nitrogens is 2. The molecule has 4 N–H and O–H groups in total. The van der Waals surface area contributed by atoms with Crippen molar-refractivity contribution < 1.29 is 13.2 Å². The van der Waals surface area contributed by atoms with Crippen LogP contribution < -0.4 is 10.5 Å². The van der Waals surface area contributed by atoms with Crippen LogP contribution in [0.2, 0.25) is 0 Å². The lowest BCUT2D eigenvalue weighted by molar-refractivity contribution is 0.100. The summed E-state index contributed by atoms with van der Waals surface area (Å²) in [6.07, 6.45) is 0. The zero-order chi connectivity index (χ0) is 14.9. The Morgan fingerprint density at radius 2 is 2.05 bits per heavy atom. The number of hydrogen-bond donors (Lipinski definition) is 3. The quantitative estimate of drug-likeness (QED) is 0.777. The van der Waals surface area contributed by atoms with Crippen LogP contribution in [0.1, 0.15) is 21.7 Å². The maximum absolute atomic E-state index is 12.3. The van der Waals surface area contributed by atoms with Gasteiger partial charge in [-0.3, -0.25) is 14.6 Å². The minimum absolute atomic E-state index is 0.0991. The zero-order valence-corrected chi connectivity index (χ0v) is 11.8. The topological polar surface area (TPSA) is 118 Å². The van der Waals surface area contributed by atoms with Crippen molar-refractivity contribution in [3.8, 4) is 0 Å². The molecule has 2 aromatic rings. The average molecular weight is 294 g/mol. The van der Waals surface area contributed by atoms with E-state index in [9.17, 15) is 13.2 Å². The van der Waals surface area contributed by atoms with Crippen LogP contribution in [0, 0.1) is 13.8 Å². The maximum Gasteiger partial charge on any atom is 0.265 e. The highest BCUT2D eigenvalue weighted by Gasteiger charge is 2.22. The Morgan fingerprint density at radius 3 is 2.60 bits per heavy atom. The fraction of sp³-hybridized carbons (Fsp3) is 0.167. The van der Waals surface area contributed by atoms with Gasteiger partial charge in [0.05, 0.1) is 11.4 Å². The van der Waals surface area contributed by atoms with Crippen molar-refractivity contribution in [2.75, 3.05) is 4.72 Å². The number of aryl methyl sites for hydroxylation is 2. The van der Waals surface area contributed by atoms with Crippen molar-refractivity contribution >= 4 is 21.6 Å². The number of H-pyrrole nitrogens is 1. The van der Waals surface area contributed by atoms with E-state index in [0.29, 0.717) is 11.4 Å². The third-order valence-corrected chi connectivity index (χ3v) is 4.37. The minimum atomic E-state index is -3.77. The lowest BCUT2D eigenvalue weighted by Crippen LogP contribution is -2.16. The molecule has 1 aromatic heterocycles. The number of carbonyl (C=O) groups is 1. The molecule has 2 rings (SSSR count). The Kier molecular flexibility index (Phi) is 3.49. The van der Waals surface area contributed by atoms with Gasteiger partial charge in [0.15, 0.2) is 0 Å². The van der Waals surface area contributed by atoms with Crippen molar-refractivity contribution in [1.29, 1.82) is 0 Å². The number of benzene rings is 1. The molecule has 0 radical (unpaired) electrons. The fourth-order valence-electron chi connectivity index (χ4n) is 1.88. The lowest BCUT2D eigenvalue weighted by Gasteiger charge is -2.08. The van der Waals surface area contributed by atoms with Crippen LogP contribution in [0.4, 0.5) is 5.69 Å². The van der Waals surface area contributed by atoms with E-state index < -0.39 is 15.9 Å². The van der Waals surface area contributed by atoms with E-state index in [1.54, 1.807) is 19.9 Å². The number of nitrogens with zero attached hydrogens (tertiary/aromatic N) is 1. The molecule has 0 fully saturated rings. The van der Waals surface area contributed by atoms with Crippen LogP contribution in [-0.4, -0.2) is 24.5 Å². The van der Waals surface area contributed by atoms with Gasteiger partial charge in [-0.2, -0.15) is 5.10 Å². The largest absolute Gasteiger partial charge is 0.366 e. The first kappa shape index (κ1) is 14.1. The van der Waals surface area contributed by atoms with Gasteiger partial charge >= 0.3 is 0 Å². The van der Waals surface area contributed by atoms with Crippen molar-refractivity contribution in [2.24, 2.45) is 5.73 Å². The van der Waals surface area contributed by atoms with Gasteiger partial charge in [-0.1, -0.05) is 6.07 Å². The van der Waals surface area contributed by atoms with E-state index in [0.717, 1.165) is 0 Å². The summed E-state index contributed by atoms with van der Waals surface area (Å²) in [4.78, 5) is 11.2. The summed E-state index contributed by atoms with van der Waals surface area (Å²) < 4.78 is 27.0. The molecule has 0 aliphatic heterocycles. The summed E-state index contributed by atoms with van der Waals surface area (Å²) in [7, 11) is -3.77. The van der Waals surface area contributed by atoms with Gasteiger partial charge < -0.3 is 5.73 Å². The summed E-state index contributed by atoms with van der Waals surface area (Å²) >= 11 is 0. The molecule has 1 aromatic carbocycles. The van der Waals surface area contributed by atoms with Gasteiger partial charge in [0.25, 0.3) is 10.0 Å². The van der Waals surface area contributed by atoms with Gasteiger partial charge in [0, 0.05) is 11.3 Å². The number of nitrogens with two attached hydrogens (primary N) is 1. The number of amides is 1. The van der Waals surface area contributed by atoms with E-state index in [4.69, 9.17) is 5.73 Å². The highest BCUT2D eigenvalue weighted by atomic mass is 32.2. The second-order valence-electron chi connectivity index (χ2n) is 4.31.